The van der Waals surface area contributed by atoms with Crippen LogP contribution in [-0.2, 0) is 4.79 Å². The van der Waals surface area contributed by atoms with Gasteiger partial charge in [0.25, 0.3) is 0 Å². The Hall–Kier alpha value is -2.05. The van der Waals surface area contributed by atoms with Crippen molar-refractivity contribution in [3.8, 4) is 0 Å². The highest BCUT2D eigenvalue weighted by atomic mass is 32.1. The van der Waals surface area contributed by atoms with E-state index in [0.29, 0.717) is 11.1 Å². The van der Waals surface area contributed by atoms with Crippen LogP contribution in [0.15, 0.2) is 30.3 Å². The largest absolute Gasteiger partial charge is 0.387 e. The van der Waals surface area contributed by atoms with Gasteiger partial charge in [-0.3, -0.25) is 9.59 Å². The molecule has 0 saturated carbocycles. The molecule has 0 saturated heterocycles. The first-order valence-electron chi connectivity index (χ1n) is 7.67. The third-order valence-corrected chi connectivity index (χ3v) is 4.63. The molecule has 0 fully saturated rings. The summed E-state index contributed by atoms with van der Waals surface area (Å²) < 4.78 is 12.8. The fraction of sp³-hybridized carbons (Fsp3) is 0.333. The molecule has 0 bridgehead atoms. The van der Waals surface area contributed by atoms with E-state index in [1.54, 1.807) is 11.3 Å². The lowest BCUT2D eigenvalue weighted by atomic mass is 10.1. The number of aliphatic hydroxyl groups is 1. The molecule has 2 N–H and O–H groups in total. The third-order valence-electron chi connectivity index (χ3n) is 3.67. The lowest BCUT2D eigenvalue weighted by molar-refractivity contribution is -0.121. The molecule has 0 aliphatic heterocycles. The normalized spacial score (nSPS) is 12.0. The maximum Gasteiger partial charge on any atom is 0.220 e. The fourth-order valence-electron chi connectivity index (χ4n) is 2.37. The molecule has 128 valence electrons. The van der Waals surface area contributed by atoms with Crippen molar-refractivity contribution in [2.75, 3.05) is 6.54 Å². The van der Waals surface area contributed by atoms with Crippen LogP contribution in [0.1, 0.15) is 44.6 Å². The lowest BCUT2D eigenvalue weighted by Gasteiger charge is -2.12. The minimum Gasteiger partial charge on any atom is -0.387 e. The number of aryl methyl sites for hydroxylation is 2. The van der Waals surface area contributed by atoms with Gasteiger partial charge in [-0.25, -0.2) is 4.39 Å². The number of thiophene rings is 1. The molecule has 1 aromatic heterocycles. The van der Waals surface area contributed by atoms with Crippen LogP contribution in [0.3, 0.4) is 0 Å². The zero-order valence-corrected chi connectivity index (χ0v) is 14.5. The van der Waals surface area contributed by atoms with E-state index >= 15 is 0 Å². The number of nitrogens with one attached hydrogen (secondary N) is 1. The van der Waals surface area contributed by atoms with Crippen LogP contribution < -0.4 is 5.32 Å². The van der Waals surface area contributed by atoms with E-state index in [4.69, 9.17) is 0 Å². The molecule has 0 aliphatic carbocycles. The van der Waals surface area contributed by atoms with Gasteiger partial charge in [-0.05, 0) is 37.6 Å². The average molecular weight is 349 g/mol. The van der Waals surface area contributed by atoms with Crippen molar-refractivity contribution in [2.45, 2.75) is 32.8 Å². The summed E-state index contributed by atoms with van der Waals surface area (Å²) in [6, 6.07) is 7.29. The lowest BCUT2D eigenvalue weighted by Crippen LogP contribution is -2.28. The molecule has 6 heteroatoms. The summed E-state index contributed by atoms with van der Waals surface area (Å²) in [5.74, 6) is -0.729. The number of carbonyl (C=O) groups excluding carboxylic acids is 2. The predicted molar refractivity (Wildman–Crippen MR) is 91.7 cm³/mol. The molecule has 1 unspecified atom stereocenters. The first-order chi connectivity index (χ1) is 11.4. The molecule has 2 rings (SSSR count). The van der Waals surface area contributed by atoms with Crippen LogP contribution in [0.2, 0.25) is 0 Å². The van der Waals surface area contributed by atoms with Gasteiger partial charge >= 0.3 is 0 Å². The highest BCUT2D eigenvalue weighted by Crippen LogP contribution is 2.22. The van der Waals surface area contributed by atoms with Crippen LogP contribution in [0.4, 0.5) is 4.39 Å². The second-order valence-electron chi connectivity index (χ2n) is 5.62. The molecule has 1 atom stereocenters. The molecular formula is C18H20FNO3S. The topological polar surface area (TPSA) is 66.4 Å². The van der Waals surface area contributed by atoms with Gasteiger partial charge in [0, 0.05) is 34.7 Å². The van der Waals surface area contributed by atoms with E-state index in [9.17, 15) is 19.1 Å². The van der Waals surface area contributed by atoms with Crippen molar-refractivity contribution < 1.29 is 19.1 Å². The van der Waals surface area contributed by atoms with E-state index in [1.165, 1.54) is 24.3 Å². The summed E-state index contributed by atoms with van der Waals surface area (Å²) in [5, 5.41) is 12.5. The molecule has 1 amide bonds. The highest BCUT2D eigenvalue weighted by molar-refractivity contribution is 7.12. The maximum atomic E-state index is 12.8. The second kappa shape index (κ2) is 8.17. The van der Waals surface area contributed by atoms with Gasteiger partial charge in [0.05, 0.1) is 6.10 Å². The third kappa shape index (κ3) is 4.97. The summed E-state index contributed by atoms with van der Waals surface area (Å²) >= 11 is 1.56. The van der Waals surface area contributed by atoms with Crippen molar-refractivity contribution >= 4 is 23.0 Å². The van der Waals surface area contributed by atoms with Crippen molar-refractivity contribution in [2.24, 2.45) is 0 Å². The molecule has 24 heavy (non-hydrogen) atoms. The first kappa shape index (κ1) is 18.3. The zero-order chi connectivity index (χ0) is 17.7. The van der Waals surface area contributed by atoms with E-state index < -0.39 is 6.10 Å². The Kier molecular flexibility index (Phi) is 6.23. The Labute approximate surface area is 144 Å². The zero-order valence-electron chi connectivity index (χ0n) is 13.6. The molecule has 1 heterocycles. The Balaban J connectivity index is 1.78. The number of ketones is 1. The summed E-state index contributed by atoms with van der Waals surface area (Å²) in [7, 11) is 0. The number of Topliss-reactive ketones (excluding diaryl/α,β-unsaturated/α-hetero) is 1. The molecular weight excluding hydrogens is 329 g/mol. The molecule has 0 spiro atoms. The summed E-state index contributed by atoms with van der Waals surface area (Å²) in [6.45, 7) is 3.86. The van der Waals surface area contributed by atoms with Gasteiger partial charge in [-0.1, -0.05) is 12.1 Å². The van der Waals surface area contributed by atoms with Crippen molar-refractivity contribution in [1.82, 2.24) is 5.32 Å². The highest BCUT2D eigenvalue weighted by Gasteiger charge is 2.15. The number of halogens is 1. The van der Waals surface area contributed by atoms with Crippen LogP contribution in [-0.4, -0.2) is 23.3 Å². The number of aliphatic hydroxyl groups excluding tert-OH is 1. The molecule has 4 nitrogen and oxygen atoms in total. The van der Waals surface area contributed by atoms with Gasteiger partial charge in [-0.2, -0.15) is 0 Å². The standard InChI is InChI=1S/C18H20FNO3S/c1-11-9-15(12(2)24-11)16(21)7-8-18(23)20-10-17(22)13-3-5-14(19)6-4-13/h3-6,9,17,22H,7-8,10H2,1-2H3,(H,20,23). The fourth-order valence-corrected chi connectivity index (χ4v) is 3.31. The summed E-state index contributed by atoms with van der Waals surface area (Å²) in [4.78, 5) is 26.0. The monoisotopic (exact) mass is 349 g/mol. The van der Waals surface area contributed by atoms with Gasteiger partial charge < -0.3 is 10.4 Å². The van der Waals surface area contributed by atoms with Crippen LogP contribution >= 0.6 is 11.3 Å². The van der Waals surface area contributed by atoms with Gasteiger partial charge in [0.1, 0.15) is 5.82 Å². The van der Waals surface area contributed by atoms with Crippen molar-refractivity contribution in [3.05, 3.63) is 57.0 Å². The van der Waals surface area contributed by atoms with Crippen LogP contribution in [0.5, 0.6) is 0 Å². The maximum absolute atomic E-state index is 12.8. The molecule has 1 aromatic carbocycles. The first-order valence-corrected chi connectivity index (χ1v) is 8.49. The van der Waals surface area contributed by atoms with E-state index in [2.05, 4.69) is 5.32 Å². The number of carbonyl (C=O) groups is 2. The van der Waals surface area contributed by atoms with Gasteiger partial charge in [0.15, 0.2) is 5.78 Å². The average Bonchev–Trinajstić information content (AvgIpc) is 2.89. The number of hydrogen-bond acceptors (Lipinski definition) is 4. The molecule has 0 aliphatic rings. The minimum atomic E-state index is -0.910. The Morgan fingerprint density at radius 3 is 2.46 bits per heavy atom. The van der Waals surface area contributed by atoms with E-state index in [0.717, 1.165) is 9.75 Å². The Morgan fingerprint density at radius 2 is 1.88 bits per heavy atom. The number of hydrogen-bond donors (Lipinski definition) is 2. The van der Waals surface area contributed by atoms with E-state index in [1.807, 2.05) is 19.9 Å². The second-order valence-corrected chi connectivity index (χ2v) is 7.08. The van der Waals surface area contributed by atoms with E-state index in [-0.39, 0.29) is 36.9 Å². The Morgan fingerprint density at radius 1 is 1.21 bits per heavy atom. The summed E-state index contributed by atoms with van der Waals surface area (Å²) in [5.41, 5.74) is 1.20. The SMILES string of the molecule is Cc1cc(C(=O)CCC(=O)NCC(O)c2ccc(F)cc2)c(C)s1. The van der Waals surface area contributed by atoms with Crippen LogP contribution in [0, 0.1) is 19.7 Å². The number of rotatable bonds is 7. The predicted octanol–water partition coefficient (Wildman–Crippen LogP) is 3.32. The summed E-state index contributed by atoms with van der Waals surface area (Å²) in [6.07, 6.45) is -0.703. The number of benzene rings is 1. The quantitative estimate of drug-likeness (QED) is 0.754. The van der Waals surface area contributed by atoms with Gasteiger partial charge in [-0.15, -0.1) is 11.3 Å². The molecule has 2 aromatic rings. The minimum absolute atomic E-state index is 0.0231. The van der Waals surface area contributed by atoms with Gasteiger partial charge in [0.2, 0.25) is 5.91 Å². The molecule has 0 radical (unpaired) electrons. The van der Waals surface area contributed by atoms with Crippen LogP contribution in [0.25, 0.3) is 0 Å². The number of amides is 1. The van der Waals surface area contributed by atoms with Crippen molar-refractivity contribution in [3.63, 3.8) is 0 Å². The van der Waals surface area contributed by atoms with Crippen molar-refractivity contribution in [1.29, 1.82) is 0 Å². The Bertz CT molecular complexity index is 724. The smallest absolute Gasteiger partial charge is 0.220 e.